The van der Waals surface area contributed by atoms with Gasteiger partial charge in [0.15, 0.2) is 0 Å². The minimum atomic E-state index is -2.67. The molecule has 1 aromatic carbocycles. The highest BCUT2D eigenvalue weighted by molar-refractivity contribution is 5.91. The van der Waals surface area contributed by atoms with Crippen LogP contribution in [0.15, 0.2) is 30.3 Å². The van der Waals surface area contributed by atoms with Gasteiger partial charge in [-0.05, 0) is 50.5 Å². The standard InChI is InChI=1S/C21H22F3N5O/c1-12-20(13(2)28(26-12)10-14-4-3-5-16(22)8-14)25-19(30)11-29-18(15-6-7-15)9-17(27-29)21(23)24/h3-5,8-9,15,21H,6-7,10-11H2,1-2H3,(H,25,30). The van der Waals surface area contributed by atoms with Gasteiger partial charge in [-0.1, -0.05) is 12.1 Å². The normalized spacial score (nSPS) is 13.8. The molecule has 0 spiro atoms. The van der Waals surface area contributed by atoms with Gasteiger partial charge in [0.1, 0.15) is 18.1 Å². The molecule has 0 bridgehead atoms. The van der Waals surface area contributed by atoms with Gasteiger partial charge in [-0.2, -0.15) is 10.2 Å². The van der Waals surface area contributed by atoms with Crippen LogP contribution in [0.2, 0.25) is 0 Å². The fourth-order valence-electron chi connectivity index (χ4n) is 3.55. The van der Waals surface area contributed by atoms with E-state index in [-0.39, 0.29) is 29.9 Å². The molecule has 2 aromatic heterocycles. The Morgan fingerprint density at radius 3 is 2.63 bits per heavy atom. The lowest BCUT2D eigenvalue weighted by atomic mass is 10.2. The summed E-state index contributed by atoms with van der Waals surface area (Å²) >= 11 is 0. The van der Waals surface area contributed by atoms with Crippen LogP contribution in [0.5, 0.6) is 0 Å². The number of hydrogen-bond donors (Lipinski definition) is 1. The van der Waals surface area contributed by atoms with Crippen LogP contribution in [0.3, 0.4) is 0 Å². The topological polar surface area (TPSA) is 64.7 Å². The highest BCUT2D eigenvalue weighted by Gasteiger charge is 2.30. The Kier molecular flexibility index (Phi) is 5.36. The monoisotopic (exact) mass is 417 g/mol. The van der Waals surface area contributed by atoms with E-state index in [1.807, 2.05) is 6.92 Å². The molecule has 0 unspecified atom stereocenters. The van der Waals surface area contributed by atoms with Crippen molar-refractivity contribution in [1.29, 1.82) is 0 Å². The maximum Gasteiger partial charge on any atom is 0.282 e. The van der Waals surface area contributed by atoms with E-state index in [1.165, 1.54) is 22.9 Å². The van der Waals surface area contributed by atoms with Gasteiger partial charge in [-0.3, -0.25) is 14.2 Å². The summed E-state index contributed by atoms with van der Waals surface area (Å²) in [4.78, 5) is 12.6. The van der Waals surface area contributed by atoms with Crippen molar-refractivity contribution in [2.24, 2.45) is 0 Å². The molecule has 1 aliphatic rings. The molecular weight excluding hydrogens is 395 g/mol. The predicted octanol–water partition coefficient (Wildman–Crippen LogP) is 4.34. The van der Waals surface area contributed by atoms with Crippen LogP contribution in [0.25, 0.3) is 0 Å². The average molecular weight is 417 g/mol. The summed E-state index contributed by atoms with van der Waals surface area (Å²) in [5.74, 6) is -0.496. The molecule has 1 amide bonds. The van der Waals surface area contributed by atoms with Crippen LogP contribution in [-0.2, 0) is 17.9 Å². The number of amides is 1. The molecule has 6 nitrogen and oxygen atoms in total. The predicted molar refractivity (Wildman–Crippen MR) is 105 cm³/mol. The fraction of sp³-hybridized carbons (Fsp3) is 0.381. The van der Waals surface area contributed by atoms with Crippen LogP contribution in [0.4, 0.5) is 18.9 Å². The minimum Gasteiger partial charge on any atom is -0.321 e. The highest BCUT2D eigenvalue weighted by atomic mass is 19.3. The van der Waals surface area contributed by atoms with E-state index in [4.69, 9.17) is 0 Å². The molecule has 158 valence electrons. The lowest BCUT2D eigenvalue weighted by molar-refractivity contribution is -0.117. The van der Waals surface area contributed by atoms with Gasteiger partial charge in [0.25, 0.3) is 6.43 Å². The molecule has 1 fully saturated rings. The fourth-order valence-corrected chi connectivity index (χ4v) is 3.55. The van der Waals surface area contributed by atoms with Crippen molar-refractivity contribution >= 4 is 11.6 Å². The Morgan fingerprint density at radius 1 is 1.20 bits per heavy atom. The Hall–Kier alpha value is -3.10. The number of carbonyl (C=O) groups excluding carboxylic acids is 1. The maximum absolute atomic E-state index is 13.4. The Balaban J connectivity index is 1.49. The largest absolute Gasteiger partial charge is 0.321 e. The SMILES string of the molecule is Cc1nn(Cc2cccc(F)c2)c(C)c1NC(=O)Cn1nc(C(F)F)cc1C1CC1. The van der Waals surface area contributed by atoms with Crippen LogP contribution in [0.1, 0.15) is 53.5 Å². The van der Waals surface area contributed by atoms with E-state index in [1.54, 1.807) is 23.7 Å². The quantitative estimate of drug-likeness (QED) is 0.622. The van der Waals surface area contributed by atoms with Crippen molar-refractivity contribution < 1.29 is 18.0 Å². The van der Waals surface area contributed by atoms with Gasteiger partial charge in [-0.15, -0.1) is 0 Å². The summed E-state index contributed by atoms with van der Waals surface area (Å²) in [6.45, 7) is 3.80. The summed E-state index contributed by atoms with van der Waals surface area (Å²) in [5, 5.41) is 11.2. The van der Waals surface area contributed by atoms with Crippen LogP contribution >= 0.6 is 0 Å². The molecular formula is C21H22F3N5O. The van der Waals surface area contributed by atoms with E-state index >= 15 is 0 Å². The van der Waals surface area contributed by atoms with E-state index in [2.05, 4.69) is 15.5 Å². The Labute approximate surface area is 171 Å². The number of rotatable bonds is 7. The third-order valence-corrected chi connectivity index (χ3v) is 5.21. The number of alkyl halides is 2. The zero-order chi connectivity index (χ0) is 21.4. The van der Waals surface area contributed by atoms with Crippen LogP contribution in [0, 0.1) is 19.7 Å². The first-order valence-electron chi connectivity index (χ1n) is 9.76. The summed E-state index contributed by atoms with van der Waals surface area (Å²) in [6.07, 6.45) is -0.834. The molecule has 0 saturated heterocycles. The van der Waals surface area contributed by atoms with Crippen LogP contribution < -0.4 is 5.32 Å². The second-order valence-electron chi connectivity index (χ2n) is 7.61. The summed E-state index contributed by atoms with van der Waals surface area (Å²) in [7, 11) is 0. The number of halogens is 3. The van der Waals surface area contributed by atoms with Crippen molar-refractivity contribution in [1.82, 2.24) is 19.6 Å². The first-order chi connectivity index (χ1) is 14.3. The van der Waals surface area contributed by atoms with Crippen molar-refractivity contribution in [2.45, 2.75) is 52.1 Å². The van der Waals surface area contributed by atoms with Crippen molar-refractivity contribution in [3.05, 3.63) is 64.5 Å². The lowest BCUT2D eigenvalue weighted by Crippen LogP contribution is -2.21. The van der Waals surface area contributed by atoms with E-state index in [0.29, 0.717) is 23.6 Å². The smallest absolute Gasteiger partial charge is 0.282 e. The molecule has 0 radical (unpaired) electrons. The Bertz CT molecular complexity index is 1080. The minimum absolute atomic E-state index is 0.146. The Morgan fingerprint density at radius 2 is 1.97 bits per heavy atom. The summed E-state index contributed by atoms with van der Waals surface area (Å²) < 4.78 is 42.6. The number of anilines is 1. The molecule has 1 saturated carbocycles. The molecule has 9 heteroatoms. The first kappa shape index (κ1) is 20.2. The number of aryl methyl sites for hydroxylation is 1. The van der Waals surface area contributed by atoms with Gasteiger partial charge in [0.2, 0.25) is 5.91 Å². The third kappa shape index (κ3) is 4.24. The molecule has 3 aromatic rings. The molecule has 1 N–H and O–H groups in total. The molecule has 1 aliphatic carbocycles. The number of hydrogen-bond acceptors (Lipinski definition) is 3. The summed E-state index contributed by atoms with van der Waals surface area (Å²) in [5.41, 5.74) is 3.03. The molecule has 2 heterocycles. The number of nitrogens with zero attached hydrogens (tertiary/aromatic N) is 4. The van der Waals surface area contributed by atoms with Gasteiger partial charge in [-0.25, -0.2) is 13.2 Å². The van der Waals surface area contributed by atoms with Gasteiger partial charge < -0.3 is 5.32 Å². The zero-order valence-electron chi connectivity index (χ0n) is 16.7. The number of carbonyl (C=O) groups is 1. The van der Waals surface area contributed by atoms with E-state index in [0.717, 1.165) is 24.1 Å². The maximum atomic E-state index is 13.4. The van der Waals surface area contributed by atoms with Crippen molar-refractivity contribution in [2.75, 3.05) is 5.32 Å². The molecule has 0 aliphatic heterocycles. The van der Waals surface area contributed by atoms with Gasteiger partial charge in [0, 0.05) is 11.6 Å². The van der Waals surface area contributed by atoms with E-state index < -0.39 is 6.43 Å². The first-order valence-corrected chi connectivity index (χ1v) is 9.76. The van der Waals surface area contributed by atoms with Gasteiger partial charge in [0.05, 0.1) is 23.6 Å². The zero-order valence-corrected chi connectivity index (χ0v) is 16.7. The number of nitrogens with one attached hydrogen (secondary N) is 1. The lowest BCUT2D eigenvalue weighted by Gasteiger charge is -2.09. The van der Waals surface area contributed by atoms with E-state index in [9.17, 15) is 18.0 Å². The average Bonchev–Trinajstić information content (AvgIpc) is 3.39. The van der Waals surface area contributed by atoms with Crippen molar-refractivity contribution in [3.8, 4) is 0 Å². The van der Waals surface area contributed by atoms with Crippen LogP contribution in [-0.4, -0.2) is 25.5 Å². The second kappa shape index (κ2) is 7.97. The highest BCUT2D eigenvalue weighted by Crippen LogP contribution is 2.41. The third-order valence-electron chi connectivity index (χ3n) is 5.21. The van der Waals surface area contributed by atoms with Crippen molar-refractivity contribution in [3.63, 3.8) is 0 Å². The second-order valence-corrected chi connectivity index (χ2v) is 7.61. The molecule has 4 rings (SSSR count). The van der Waals surface area contributed by atoms with Gasteiger partial charge >= 0.3 is 0 Å². The number of aromatic nitrogens is 4. The molecule has 30 heavy (non-hydrogen) atoms. The summed E-state index contributed by atoms with van der Waals surface area (Å²) in [6, 6.07) is 7.64. The number of benzene rings is 1. The molecule has 0 atom stereocenters.